The van der Waals surface area contributed by atoms with Crippen molar-refractivity contribution in [2.24, 2.45) is 5.92 Å². The molecule has 0 saturated heterocycles. The van der Waals surface area contributed by atoms with Crippen LogP contribution in [-0.4, -0.2) is 0 Å². The van der Waals surface area contributed by atoms with E-state index in [0.29, 0.717) is 0 Å². The molecule has 0 aromatic rings. The molecule has 14 heavy (non-hydrogen) atoms. The van der Waals surface area contributed by atoms with Gasteiger partial charge in [-0.1, -0.05) is 43.6 Å². The summed E-state index contributed by atoms with van der Waals surface area (Å²) < 4.78 is 0. The van der Waals surface area contributed by atoms with Gasteiger partial charge in [0, 0.05) is 0 Å². The molecule has 0 aliphatic rings. The van der Waals surface area contributed by atoms with Crippen LogP contribution in [0.5, 0.6) is 0 Å². The smallest absolute Gasteiger partial charge is 0.0288 e. The Bertz CT molecular complexity index is 192. The molecule has 0 aliphatic heterocycles. The number of hydrogen-bond acceptors (Lipinski definition) is 0. The maximum absolute atomic E-state index is 2.41. The van der Waals surface area contributed by atoms with E-state index in [1.807, 2.05) is 0 Å². The molecular weight excluding hydrogens is 168 g/mol. The van der Waals surface area contributed by atoms with Gasteiger partial charge in [-0.3, -0.25) is 0 Å². The topological polar surface area (TPSA) is 0 Å². The standard InChI is InChI=1S/C14H26/c1-6-13(4)10-11-14(5)9-7-8-12(2)3/h8,11,13H,6-7,9-10H2,1-5H3. The molecule has 0 nitrogen and oxygen atoms in total. The summed E-state index contributed by atoms with van der Waals surface area (Å²) in [5.74, 6) is 0.841. The van der Waals surface area contributed by atoms with E-state index in [4.69, 9.17) is 0 Å². The molecule has 82 valence electrons. The molecule has 0 rings (SSSR count). The molecule has 0 aliphatic carbocycles. The van der Waals surface area contributed by atoms with Gasteiger partial charge in [-0.15, -0.1) is 0 Å². The van der Waals surface area contributed by atoms with Gasteiger partial charge in [0.05, 0.1) is 0 Å². The van der Waals surface area contributed by atoms with E-state index in [9.17, 15) is 0 Å². The van der Waals surface area contributed by atoms with Crippen LogP contribution in [0.2, 0.25) is 0 Å². The summed E-state index contributed by atoms with van der Waals surface area (Å²) in [5, 5.41) is 0. The van der Waals surface area contributed by atoms with E-state index in [-0.39, 0.29) is 0 Å². The SMILES string of the molecule is CCC(C)CC=C(C)CCC=C(C)C. The Morgan fingerprint density at radius 1 is 1.14 bits per heavy atom. The minimum Gasteiger partial charge on any atom is -0.0856 e. The van der Waals surface area contributed by atoms with Crippen LogP contribution in [0.3, 0.4) is 0 Å². The van der Waals surface area contributed by atoms with Crippen molar-refractivity contribution in [3.8, 4) is 0 Å². The Kier molecular flexibility index (Phi) is 7.55. The van der Waals surface area contributed by atoms with Crippen molar-refractivity contribution in [1.82, 2.24) is 0 Å². The van der Waals surface area contributed by atoms with Crippen molar-refractivity contribution in [2.45, 2.75) is 60.3 Å². The van der Waals surface area contributed by atoms with Crippen LogP contribution in [-0.2, 0) is 0 Å². The van der Waals surface area contributed by atoms with E-state index in [1.165, 1.54) is 31.3 Å². The third kappa shape index (κ3) is 8.10. The summed E-state index contributed by atoms with van der Waals surface area (Å²) in [6, 6.07) is 0. The molecule has 1 atom stereocenters. The fourth-order valence-corrected chi connectivity index (χ4v) is 1.26. The van der Waals surface area contributed by atoms with Gasteiger partial charge in [0.1, 0.15) is 0 Å². The molecule has 0 spiro atoms. The lowest BCUT2D eigenvalue weighted by molar-refractivity contribution is 0.569. The van der Waals surface area contributed by atoms with Gasteiger partial charge in [0.15, 0.2) is 0 Å². The van der Waals surface area contributed by atoms with Crippen LogP contribution in [0.25, 0.3) is 0 Å². The molecule has 0 aromatic carbocycles. The average Bonchev–Trinajstić information content (AvgIpc) is 2.13. The maximum atomic E-state index is 2.41. The first-order valence-corrected chi connectivity index (χ1v) is 5.85. The lowest BCUT2D eigenvalue weighted by Gasteiger charge is -2.05. The third-order valence-electron chi connectivity index (χ3n) is 2.66. The first kappa shape index (κ1) is 13.5. The first-order valence-electron chi connectivity index (χ1n) is 5.85. The molecule has 0 saturated carbocycles. The first-order chi connectivity index (χ1) is 6.56. The van der Waals surface area contributed by atoms with Gasteiger partial charge in [-0.2, -0.15) is 0 Å². The van der Waals surface area contributed by atoms with Crippen LogP contribution in [0.4, 0.5) is 0 Å². The quantitative estimate of drug-likeness (QED) is 0.515. The predicted molar refractivity (Wildman–Crippen MR) is 66.5 cm³/mol. The Hall–Kier alpha value is -0.520. The lowest BCUT2D eigenvalue weighted by Crippen LogP contribution is -1.89. The second-order valence-corrected chi connectivity index (χ2v) is 4.62. The molecule has 1 unspecified atom stereocenters. The molecular formula is C14H26. The Morgan fingerprint density at radius 2 is 1.79 bits per heavy atom. The van der Waals surface area contributed by atoms with Crippen LogP contribution in [0.1, 0.15) is 60.3 Å². The second kappa shape index (κ2) is 7.84. The van der Waals surface area contributed by atoms with Crippen molar-refractivity contribution in [1.29, 1.82) is 0 Å². The summed E-state index contributed by atoms with van der Waals surface area (Å²) in [7, 11) is 0. The summed E-state index contributed by atoms with van der Waals surface area (Å²) in [4.78, 5) is 0. The van der Waals surface area contributed by atoms with E-state index in [1.54, 1.807) is 5.57 Å². The lowest BCUT2D eigenvalue weighted by atomic mass is 10.0. The molecule has 0 fully saturated rings. The zero-order chi connectivity index (χ0) is 11.0. The fourth-order valence-electron chi connectivity index (χ4n) is 1.26. The monoisotopic (exact) mass is 194 g/mol. The number of rotatable bonds is 6. The predicted octanol–water partition coefficient (Wildman–Crippen LogP) is 5.12. The molecule has 0 bridgehead atoms. The molecule has 0 heterocycles. The van der Waals surface area contributed by atoms with Crippen molar-refractivity contribution >= 4 is 0 Å². The largest absolute Gasteiger partial charge is 0.0856 e. The van der Waals surface area contributed by atoms with Gasteiger partial charge in [-0.05, 0) is 46.0 Å². The highest BCUT2D eigenvalue weighted by atomic mass is 14.0. The zero-order valence-electron chi connectivity index (χ0n) is 10.6. The van der Waals surface area contributed by atoms with Crippen molar-refractivity contribution in [3.05, 3.63) is 23.3 Å². The summed E-state index contributed by atoms with van der Waals surface area (Å²) in [6.07, 6.45) is 9.69. The highest BCUT2D eigenvalue weighted by Gasteiger charge is 1.95. The summed E-state index contributed by atoms with van der Waals surface area (Å²) in [5.41, 5.74) is 2.97. The highest BCUT2D eigenvalue weighted by molar-refractivity contribution is 5.02. The van der Waals surface area contributed by atoms with Gasteiger partial charge < -0.3 is 0 Å². The fraction of sp³-hybridized carbons (Fsp3) is 0.714. The third-order valence-corrected chi connectivity index (χ3v) is 2.66. The van der Waals surface area contributed by atoms with Crippen molar-refractivity contribution in [3.63, 3.8) is 0 Å². The molecule has 0 heteroatoms. The van der Waals surface area contributed by atoms with Gasteiger partial charge in [0.2, 0.25) is 0 Å². The number of hydrogen-bond donors (Lipinski definition) is 0. The van der Waals surface area contributed by atoms with Gasteiger partial charge >= 0.3 is 0 Å². The minimum absolute atomic E-state index is 0.841. The van der Waals surface area contributed by atoms with Crippen LogP contribution in [0, 0.1) is 5.92 Å². The van der Waals surface area contributed by atoms with Crippen molar-refractivity contribution < 1.29 is 0 Å². The number of allylic oxidation sites excluding steroid dienone is 4. The Morgan fingerprint density at radius 3 is 2.29 bits per heavy atom. The van der Waals surface area contributed by atoms with Crippen LogP contribution < -0.4 is 0 Å². The summed E-state index contributed by atoms with van der Waals surface area (Å²) >= 11 is 0. The average molecular weight is 194 g/mol. The Labute approximate surface area is 90.1 Å². The minimum atomic E-state index is 0.841. The van der Waals surface area contributed by atoms with Crippen molar-refractivity contribution in [2.75, 3.05) is 0 Å². The van der Waals surface area contributed by atoms with E-state index < -0.39 is 0 Å². The van der Waals surface area contributed by atoms with Gasteiger partial charge in [0.25, 0.3) is 0 Å². The van der Waals surface area contributed by atoms with Crippen LogP contribution >= 0.6 is 0 Å². The molecule has 0 N–H and O–H groups in total. The molecule has 0 radical (unpaired) electrons. The van der Waals surface area contributed by atoms with E-state index >= 15 is 0 Å². The highest BCUT2D eigenvalue weighted by Crippen LogP contribution is 2.12. The van der Waals surface area contributed by atoms with E-state index in [2.05, 4.69) is 46.8 Å². The summed E-state index contributed by atoms with van der Waals surface area (Å²) in [6.45, 7) is 11.2. The molecule has 0 amide bonds. The molecule has 0 aromatic heterocycles. The van der Waals surface area contributed by atoms with Gasteiger partial charge in [-0.25, -0.2) is 0 Å². The van der Waals surface area contributed by atoms with Crippen LogP contribution in [0.15, 0.2) is 23.3 Å². The maximum Gasteiger partial charge on any atom is -0.0288 e. The zero-order valence-corrected chi connectivity index (χ0v) is 10.6. The Balaban J connectivity index is 3.72. The normalized spacial score (nSPS) is 13.9. The second-order valence-electron chi connectivity index (χ2n) is 4.62. The van der Waals surface area contributed by atoms with E-state index in [0.717, 1.165) is 5.92 Å².